The van der Waals surface area contributed by atoms with Gasteiger partial charge in [-0.15, -0.1) is 0 Å². The number of benzene rings is 1. The van der Waals surface area contributed by atoms with Crippen molar-refractivity contribution in [2.24, 2.45) is 0 Å². The highest BCUT2D eigenvalue weighted by molar-refractivity contribution is 5.74. The molecule has 2 heterocycles. The van der Waals surface area contributed by atoms with Gasteiger partial charge in [0, 0.05) is 44.8 Å². The van der Waals surface area contributed by atoms with Crippen LogP contribution in [0, 0.1) is 6.92 Å². The maximum atomic E-state index is 12.5. The van der Waals surface area contributed by atoms with Gasteiger partial charge in [-0.3, -0.25) is 4.90 Å². The molecular formula is C22H34N4O2. The summed E-state index contributed by atoms with van der Waals surface area (Å²) >= 11 is 0. The summed E-state index contributed by atoms with van der Waals surface area (Å²) in [5, 5.41) is 6.35. The maximum absolute atomic E-state index is 12.5. The van der Waals surface area contributed by atoms with Crippen molar-refractivity contribution < 1.29 is 9.53 Å². The fourth-order valence-electron chi connectivity index (χ4n) is 4.50. The van der Waals surface area contributed by atoms with Gasteiger partial charge in [0.1, 0.15) is 0 Å². The largest absolute Gasteiger partial charge is 0.379 e. The average Bonchev–Trinajstić information content (AvgIpc) is 3.55. The molecule has 4 rings (SSSR count). The van der Waals surface area contributed by atoms with Crippen LogP contribution in [0.1, 0.15) is 42.9 Å². The summed E-state index contributed by atoms with van der Waals surface area (Å²) in [5.74, 6) is 0. The molecule has 1 unspecified atom stereocenters. The van der Waals surface area contributed by atoms with Gasteiger partial charge >= 0.3 is 6.03 Å². The zero-order valence-corrected chi connectivity index (χ0v) is 17.0. The van der Waals surface area contributed by atoms with E-state index in [9.17, 15) is 4.79 Å². The van der Waals surface area contributed by atoms with E-state index in [1.54, 1.807) is 0 Å². The van der Waals surface area contributed by atoms with Crippen LogP contribution in [-0.2, 0) is 4.74 Å². The molecule has 1 atom stereocenters. The van der Waals surface area contributed by atoms with E-state index in [4.69, 9.17) is 4.74 Å². The second-order valence-corrected chi connectivity index (χ2v) is 8.47. The Hall–Kier alpha value is -1.63. The Morgan fingerprint density at radius 2 is 1.89 bits per heavy atom. The number of morpholine rings is 1. The zero-order chi connectivity index (χ0) is 19.3. The number of carbonyl (C=O) groups is 1. The van der Waals surface area contributed by atoms with Crippen LogP contribution in [0.5, 0.6) is 0 Å². The van der Waals surface area contributed by atoms with Gasteiger partial charge in [0.25, 0.3) is 0 Å². The first-order valence-electron chi connectivity index (χ1n) is 10.9. The van der Waals surface area contributed by atoms with E-state index in [-0.39, 0.29) is 12.1 Å². The topological polar surface area (TPSA) is 56.8 Å². The van der Waals surface area contributed by atoms with Gasteiger partial charge in [-0.2, -0.15) is 0 Å². The number of nitrogens with one attached hydrogen (secondary N) is 2. The predicted octanol–water partition coefficient (Wildman–Crippen LogP) is 2.29. The highest BCUT2D eigenvalue weighted by atomic mass is 16.5. The Morgan fingerprint density at radius 3 is 2.57 bits per heavy atom. The summed E-state index contributed by atoms with van der Waals surface area (Å²) in [6.07, 6.45) is 4.85. The lowest BCUT2D eigenvalue weighted by molar-refractivity contribution is 0.0166. The number of amides is 2. The van der Waals surface area contributed by atoms with Crippen LogP contribution in [0.3, 0.4) is 0 Å². The van der Waals surface area contributed by atoms with Gasteiger partial charge in [0.15, 0.2) is 0 Å². The van der Waals surface area contributed by atoms with Crippen LogP contribution in [0.25, 0.3) is 0 Å². The average molecular weight is 387 g/mol. The minimum atomic E-state index is -0.0317. The molecule has 0 bridgehead atoms. The molecule has 6 nitrogen and oxygen atoms in total. The molecule has 2 amide bonds. The number of nitrogens with zero attached hydrogens (tertiary/aromatic N) is 2. The van der Waals surface area contributed by atoms with Gasteiger partial charge in [0.05, 0.1) is 19.3 Å². The van der Waals surface area contributed by atoms with Crippen LogP contribution in [0.2, 0.25) is 0 Å². The van der Waals surface area contributed by atoms with Gasteiger partial charge in [-0.25, -0.2) is 4.79 Å². The van der Waals surface area contributed by atoms with Crippen molar-refractivity contribution in [1.29, 1.82) is 0 Å². The standard InChI is InChI=1S/C22H34N4O2/c1-17-3-2-4-18(15-17)21(26-11-13-28-14-12-26)16-23-22(27)24-19-7-9-25(10-8-19)20-5-6-20/h2-4,15,19-21H,5-14,16H2,1H3,(H2,23,24,27). The van der Waals surface area contributed by atoms with Crippen molar-refractivity contribution in [2.75, 3.05) is 45.9 Å². The highest BCUT2D eigenvalue weighted by Gasteiger charge is 2.32. The number of piperidine rings is 1. The third-order valence-corrected chi connectivity index (χ3v) is 6.30. The first-order valence-corrected chi connectivity index (χ1v) is 10.9. The fourth-order valence-corrected chi connectivity index (χ4v) is 4.50. The molecule has 3 aliphatic rings. The van der Waals surface area contributed by atoms with Crippen molar-refractivity contribution in [1.82, 2.24) is 20.4 Å². The normalized spacial score (nSPS) is 23.3. The summed E-state index contributed by atoms with van der Waals surface area (Å²) in [5.41, 5.74) is 2.52. The Bertz CT molecular complexity index is 650. The number of rotatable bonds is 6. The lowest BCUT2D eigenvalue weighted by Crippen LogP contribution is -2.50. The van der Waals surface area contributed by atoms with Crippen LogP contribution in [-0.4, -0.2) is 73.9 Å². The van der Waals surface area contributed by atoms with E-state index < -0.39 is 0 Å². The predicted molar refractivity (Wildman–Crippen MR) is 110 cm³/mol. The summed E-state index contributed by atoms with van der Waals surface area (Å²) in [7, 11) is 0. The second-order valence-electron chi connectivity index (χ2n) is 8.47. The van der Waals surface area contributed by atoms with E-state index in [1.807, 2.05) is 0 Å². The molecule has 1 aliphatic carbocycles. The molecule has 2 N–H and O–H groups in total. The summed E-state index contributed by atoms with van der Waals surface area (Å²) in [6.45, 7) is 8.31. The van der Waals surface area contributed by atoms with Crippen molar-refractivity contribution in [2.45, 2.75) is 50.7 Å². The number of aryl methyl sites for hydroxylation is 1. The SMILES string of the molecule is Cc1cccc(C(CNC(=O)NC2CCN(C3CC3)CC2)N2CCOCC2)c1. The third kappa shape index (κ3) is 5.25. The number of urea groups is 1. The lowest BCUT2D eigenvalue weighted by atomic mass is 10.0. The van der Waals surface area contributed by atoms with E-state index in [2.05, 4.69) is 51.6 Å². The summed E-state index contributed by atoms with van der Waals surface area (Å²) in [4.78, 5) is 17.6. The molecule has 154 valence electrons. The minimum Gasteiger partial charge on any atom is -0.379 e. The smallest absolute Gasteiger partial charge is 0.315 e. The number of likely N-dealkylation sites (tertiary alicyclic amines) is 1. The van der Waals surface area contributed by atoms with Crippen molar-refractivity contribution in [3.05, 3.63) is 35.4 Å². The number of hydrogen-bond acceptors (Lipinski definition) is 4. The first kappa shape index (κ1) is 19.7. The molecule has 2 aliphatic heterocycles. The third-order valence-electron chi connectivity index (χ3n) is 6.30. The molecular weight excluding hydrogens is 352 g/mol. The fraction of sp³-hybridized carbons (Fsp3) is 0.682. The number of hydrogen-bond donors (Lipinski definition) is 2. The number of carbonyl (C=O) groups excluding carboxylic acids is 1. The summed E-state index contributed by atoms with van der Waals surface area (Å²) < 4.78 is 5.52. The van der Waals surface area contributed by atoms with Crippen LogP contribution in [0.4, 0.5) is 4.79 Å². The molecule has 1 saturated carbocycles. The van der Waals surface area contributed by atoms with Gasteiger partial charge in [-0.1, -0.05) is 29.8 Å². The van der Waals surface area contributed by atoms with Gasteiger partial charge < -0.3 is 20.3 Å². The molecule has 0 aromatic heterocycles. The van der Waals surface area contributed by atoms with Crippen molar-refractivity contribution in [3.8, 4) is 0 Å². The van der Waals surface area contributed by atoms with Crippen LogP contribution in [0.15, 0.2) is 24.3 Å². The molecule has 1 aromatic carbocycles. The van der Waals surface area contributed by atoms with E-state index >= 15 is 0 Å². The lowest BCUT2D eigenvalue weighted by Gasteiger charge is -2.35. The Labute approximate surface area is 168 Å². The number of ether oxygens (including phenoxy) is 1. The van der Waals surface area contributed by atoms with Crippen LogP contribution < -0.4 is 10.6 Å². The first-order chi connectivity index (χ1) is 13.7. The van der Waals surface area contributed by atoms with Crippen molar-refractivity contribution >= 4 is 6.03 Å². The van der Waals surface area contributed by atoms with Crippen molar-refractivity contribution in [3.63, 3.8) is 0 Å². The minimum absolute atomic E-state index is 0.0317. The van der Waals surface area contributed by atoms with E-state index in [0.717, 1.165) is 58.3 Å². The summed E-state index contributed by atoms with van der Waals surface area (Å²) in [6, 6.07) is 9.91. The Kier molecular flexibility index (Phi) is 6.50. The highest BCUT2D eigenvalue weighted by Crippen LogP contribution is 2.29. The quantitative estimate of drug-likeness (QED) is 0.788. The maximum Gasteiger partial charge on any atom is 0.315 e. The molecule has 0 spiro atoms. The molecule has 28 heavy (non-hydrogen) atoms. The molecule has 0 radical (unpaired) electrons. The zero-order valence-electron chi connectivity index (χ0n) is 17.0. The molecule has 1 aromatic rings. The van der Waals surface area contributed by atoms with Gasteiger partial charge in [-0.05, 0) is 38.2 Å². The molecule has 3 fully saturated rings. The Balaban J connectivity index is 1.29. The van der Waals surface area contributed by atoms with E-state index in [0.29, 0.717) is 12.6 Å². The van der Waals surface area contributed by atoms with Gasteiger partial charge in [0.2, 0.25) is 0 Å². The van der Waals surface area contributed by atoms with E-state index in [1.165, 1.54) is 24.0 Å². The molecule has 6 heteroatoms. The molecule has 2 saturated heterocycles. The Morgan fingerprint density at radius 1 is 1.14 bits per heavy atom. The second kappa shape index (κ2) is 9.25. The monoisotopic (exact) mass is 386 g/mol. The van der Waals surface area contributed by atoms with Crippen LogP contribution >= 0.6 is 0 Å².